The van der Waals surface area contributed by atoms with Crippen molar-refractivity contribution in [2.45, 2.75) is 19.5 Å². The maximum Gasteiger partial charge on any atom is 0.416 e. The Hall–Kier alpha value is -2.83. The fraction of sp³-hybridized carbons (Fsp3) is 0.263. The van der Waals surface area contributed by atoms with E-state index in [-0.39, 0.29) is 6.54 Å². The van der Waals surface area contributed by atoms with E-state index in [2.05, 4.69) is 5.32 Å². The molecule has 1 saturated heterocycles. The number of rotatable bonds is 3. The average Bonchev–Trinajstić information content (AvgIpc) is 2.96. The number of halogens is 3. The zero-order chi connectivity index (χ0) is 18.9. The molecule has 0 aromatic heterocycles. The smallest absolute Gasteiger partial charge is 0.325 e. The highest BCUT2D eigenvalue weighted by molar-refractivity contribution is 6.13. The van der Waals surface area contributed by atoms with Crippen LogP contribution in [0.4, 0.5) is 24.5 Å². The van der Waals surface area contributed by atoms with Gasteiger partial charge in [0.25, 0.3) is 0 Å². The summed E-state index contributed by atoms with van der Waals surface area (Å²) in [5.74, 6) is -1.66. The normalized spacial score (nSPS) is 17.5. The van der Waals surface area contributed by atoms with Crippen molar-refractivity contribution < 1.29 is 22.8 Å². The number of anilines is 2. The average molecular weight is 362 g/mol. The number of hydrogen-bond donors (Lipinski definition) is 1. The Balaban J connectivity index is 1.70. The summed E-state index contributed by atoms with van der Waals surface area (Å²) in [7, 11) is 0. The molecule has 2 amide bonds. The molecule has 3 rings (SSSR count). The Morgan fingerprint density at radius 1 is 1.15 bits per heavy atom. The van der Waals surface area contributed by atoms with Crippen LogP contribution in [0.5, 0.6) is 0 Å². The van der Waals surface area contributed by atoms with Crippen LogP contribution in [0.2, 0.25) is 0 Å². The molecule has 1 N–H and O–H groups in total. The third-order valence-corrected chi connectivity index (χ3v) is 4.31. The van der Waals surface area contributed by atoms with Crippen LogP contribution in [-0.4, -0.2) is 18.4 Å². The second-order valence-electron chi connectivity index (χ2n) is 6.23. The van der Waals surface area contributed by atoms with Crippen LogP contribution in [0.25, 0.3) is 0 Å². The van der Waals surface area contributed by atoms with Crippen molar-refractivity contribution in [2.75, 3.05) is 16.8 Å². The largest absolute Gasteiger partial charge is 0.416 e. The number of benzene rings is 2. The highest BCUT2D eigenvalue weighted by Gasteiger charge is 2.38. The molecule has 1 aliphatic heterocycles. The molecule has 0 aliphatic carbocycles. The van der Waals surface area contributed by atoms with E-state index in [1.807, 2.05) is 13.0 Å². The minimum atomic E-state index is -4.43. The number of carbonyl (C=O) groups excluding carboxylic acids is 2. The van der Waals surface area contributed by atoms with Gasteiger partial charge in [-0.3, -0.25) is 9.59 Å². The molecule has 2 aromatic carbocycles. The molecule has 0 spiro atoms. The predicted molar refractivity (Wildman–Crippen MR) is 91.7 cm³/mol. The van der Waals surface area contributed by atoms with E-state index in [1.54, 1.807) is 18.2 Å². The summed E-state index contributed by atoms with van der Waals surface area (Å²) >= 11 is 0. The summed E-state index contributed by atoms with van der Waals surface area (Å²) < 4.78 is 37.9. The Labute approximate surface area is 148 Å². The van der Waals surface area contributed by atoms with E-state index in [1.165, 1.54) is 17.0 Å². The first-order valence-corrected chi connectivity index (χ1v) is 8.12. The SMILES string of the molecule is Cc1cccc(NC(=O)[C@H]2CCN(c3ccc(C(F)(F)F)cc3)C2=O)c1. The van der Waals surface area contributed by atoms with Gasteiger partial charge in [0.1, 0.15) is 5.92 Å². The van der Waals surface area contributed by atoms with Crippen LogP contribution >= 0.6 is 0 Å². The lowest BCUT2D eigenvalue weighted by Gasteiger charge is -2.17. The van der Waals surface area contributed by atoms with E-state index in [0.29, 0.717) is 17.8 Å². The number of nitrogens with zero attached hydrogens (tertiary/aromatic N) is 1. The van der Waals surface area contributed by atoms with Gasteiger partial charge in [0.15, 0.2) is 0 Å². The van der Waals surface area contributed by atoms with Crippen LogP contribution < -0.4 is 10.2 Å². The fourth-order valence-electron chi connectivity index (χ4n) is 2.96. The van der Waals surface area contributed by atoms with Gasteiger partial charge >= 0.3 is 6.18 Å². The summed E-state index contributed by atoms with van der Waals surface area (Å²) in [5.41, 5.74) is 1.17. The molecule has 1 aliphatic rings. The van der Waals surface area contributed by atoms with Crippen molar-refractivity contribution >= 4 is 23.2 Å². The number of amides is 2. The predicted octanol–water partition coefficient (Wildman–Crippen LogP) is 4.01. The minimum Gasteiger partial charge on any atom is -0.325 e. The first-order chi connectivity index (χ1) is 12.3. The number of alkyl halides is 3. The molecule has 0 unspecified atom stereocenters. The van der Waals surface area contributed by atoms with Crippen molar-refractivity contribution in [3.63, 3.8) is 0 Å². The van der Waals surface area contributed by atoms with Crippen molar-refractivity contribution in [3.8, 4) is 0 Å². The topological polar surface area (TPSA) is 49.4 Å². The molecule has 136 valence electrons. The van der Waals surface area contributed by atoms with Crippen LogP contribution in [0.15, 0.2) is 48.5 Å². The second kappa shape index (κ2) is 6.82. The van der Waals surface area contributed by atoms with Crippen LogP contribution in [-0.2, 0) is 15.8 Å². The molecule has 7 heteroatoms. The van der Waals surface area contributed by atoms with Crippen LogP contribution in [0.1, 0.15) is 17.5 Å². The van der Waals surface area contributed by atoms with Gasteiger partial charge in [0.2, 0.25) is 11.8 Å². The zero-order valence-electron chi connectivity index (χ0n) is 14.0. The molecule has 0 radical (unpaired) electrons. The van der Waals surface area contributed by atoms with Gasteiger partial charge in [-0.25, -0.2) is 0 Å². The summed E-state index contributed by atoms with van der Waals surface area (Å²) in [5, 5.41) is 2.72. The van der Waals surface area contributed by atoms with Gasteiger partial charge in [-0.2, -0.15) is 13.2 Å². The van der Waals surface area contributed by atoms with Crippen molar-refractivity contribution in [2.24, 2.45) is 5.92 Å². The molecule has 1 fully saturated rings. The molecule has 1 heterocycles. The number of aryl methyl sites for hydroxylation is 1. The number of nitrogens with one attached hydrogen (secondary N) is 1. The Kier molecular flexibility index (Phi) is 4.71. The maximum absolute atomic E-state index is 12.6. The molecular weight excluding hydrogens is 345 g/mol. The summed E-state index contributed by atoms with van der Waals surface area (Å²) in [6.07, 6.45) is -4.11. The highest BCUT2D eigenvalue weighted by Crippen LogP contribution is 2.32. The van der Waals surface area contributed by atoms with Gasteiger partial charge < -0.3 is 10.2 Å². The van der Waals surface area contributed by atoms with Gasteiger partial charge in [-0.1, -0.05) is 12.1 Å². The van der Waals surface area contributed by atoms with Gasteiger partial charge in [0.05, 0.1) is 5.56 Å². The van der Waals surface area contributed by atoms with Crippen molar-refractivity contribution in [3.05, 3.63) is 59.7 Å². The monoisotopic (exact) mass is 362 g/mol. The minimum absolute atomic E-state index is 0.288. The standard InChI is InChI=1S/C19H17F3N2O2/c1-12-3-2-4-14(11-12)23-17(25)16-9-10-24(18(16)26)15-7-5-13(6-8-15)19(20,21)22/h2-8,11,16H,9-10H2,1H3,(H,23,25)/t16-/m1/s1. The zero-order valence-corrected chi connectivity index (χ0v) is 14.0. The summed E-state index contributed by atoms with van der Waals surface area (Å²) in [6, 6.07) is 11.6. The summed E-state index contributed by atoms with van der Waals surface area (Å²) in [6.45, 7) is 2.18. The van der Waals surface area contributed by atoms with Crippen molar-refractivity contribution in [1.82, 2.24) is 0 Å². The van der Waals surface area contributed by atoms with Gasteiger partial charge in [-0.15, -0.1) is 0 Å². The second-order valence-corrected chi connectivity index (χ2v) is 6.23. The number of carbonyl (C=O) groups is 2. The first-order valence-electron chi connectivity index (χ1n) is 8.12. The molecule has 4 nitrogen and oxygen atoms in total. The third kappa shape index (κ3) is 3.71. The molecular formula is C19H17F3N2O2. The van der Waals surface area contributed by atoms with Crippen LogP contribution in [0, 0.1) is 12.8 Å². The van der Waals surface area contributed by atoms with Crippen molar-refractivity contribution in [1.29, 1.82) is 0 Å². The quantitative estimate of drug-likeness (QED) is 0.839. The lowest BCUT2D eigenvalue weighted by Crippen LogP contribution is -2.33. The highest BCUT2D eigenvalue weighted by atomic mass is 19.4. The molecule has 2 aromatic rings. The van der Waals surface area contributed by atoms with E-state index in [9.17, 15) is 22.8 Å². The molecule has 0 saturated carbocycles. The third-order valence-electron chi connectivity index (χ3n) is 4.31. The van der Waals surface area contributed by atoms with Crippen LogP contribution in [0.3, 0.4) is 0 Å². The molecule has 0 bridgehead atoms. The lowest BCUT2D eigenvalue weighted by molar-refractivity contribution is -0.137. The van der Waals surface area contributed by atoms with E-state index < -0.39 is 29.5 Å². The van der Waals surface area contributed by atoms with E-state index >= 15 is 0 Å². The molecule has 26 heavy (non-hydrogen) atoms. The van der Waals surface area contributed by atoms with Gasteiger partial charge in [-0.05, 0) is 55.3 Å². The Morgan fingerprint density at radius 3 is 2.46 bits per heavy atom. The van der Waals surface area contributed by atoms with E-state index in [4.69, 9.17) is 0 Å². The summed E-state index contributed by atoms with van der Waals surface area (Å²) in [4.78, 5) is 26.3. The fourth-order valence-corrected chi connectivity index (χ4v) is 2.96. The van der Waals surface area contributed by atoms with E-state index in [0.717, 1.165) is 17.7 Å². The molecule has 1 atom stereocenters. The Bertz CT molecular complexity index is 831. The lowest BCUT2D eigenvalue weighted by atomic mass is 10.1. The number of hydrogen-bond acceptors (Lipinski definition) is 2. The Morgan fingerprint density at radius 2 is 1.85 bits per heavy atom. The first kappa shape index (κ1) is 18.0. The van der Waals surface area contributed by atoms with Gasteiger partial charge in [0, 0.05) is 17.9 Å². The maximum atomic E-state index is 12.6.